The first-order valence-electron chi connectivity index (χ1n) is 9.76. The van der Waals surface area contributed by atoms with Crippen molar-refractivity contribution in [2.75, 3.05) is 0 Å². The lowest BCUT2D eigenvalue weighted by Gasteiger charge is -2.02. The highest BCUT2D eigenvalue weighted by molar-refractivity contribution is 4.66. The molecule has 0 aliphatic carbocycles. The maximum atomic E-state index is 2.29. The fourth-order valence-electron chi connectivity index (χ4n) is 3.27. The van der Waals surface area contributed by atoms with Crippen LogP contribution < -0.4 is 43.1 Å². The lowest BCUT2D eigenvalue weighted by Crippen LogP contribution is -3.00. The first-order chi connectivity index (χ1) is 11.7. The minimum Gasteiger partial charge on any atom is -1.00 e. The highest BCUT2D eigenvalue weighted by Gasteiger charge is 2.00. The molecule has 0 amide bonds. The molecule has 0 unspecified atom stereocenters. The second kappa shape index (κ2) is 15.4. The summed E-state index contributed by atoms with van der Waals surface area (Å²) in [4.78, 5) is 0. The standard InChI is InChI=1S/C20H36N4.2BrH/c1-21-15-17-23(19-21)13-11-9-7-5-3-4-6-8-10-12-14-24-18-16-22(2)20-24;;/h15-20H,3-14H2,1-2H3;2*1H/q+2;;/p-2. The Bertz CT molecular complexity index is 515. The predicted octanol–water partition coefficient (Wildman–Crippen LogP) is -2.45. The summed E-state index contributed by atoms with van der Waals surface area (Å²) < 4.78 is 8.79. The molecule has 0 spiro atoms. The highest BCUT2D eigenvalue weighted by Crippen LogP contribution is 2.11. The number of imidazole rings is 2. The van der Waals surface area contributed by atoms with Crippen LogP contribution in [0.2, 0.25) is 0 Å². The van der Waals surface area contributed by atoms with E-state index in [0.717, 1.165) is 0 Å². The predicted molar refractivity (Wildman–Crippen MR) is 97.4 cm³/mol. The Morgan fingerprint density at radius 2 is 0.846 bits per heavy atom. The number of aromatic nitrogens is 4. The number of hydrogen-bond donors (Lipinski definition) is 0. The summed E-state index contributed by atoms with van der Waals surface area (Å²) >= 11 is 0. The molecule has 150 valence electrons. The van der Waals surface area contributed by atoms with E-state index < -0.39 is 0 Å². The molecule has 0 atom stereocenters. The van der Waals surface area contributed by atoms with Crippen LogP contribution in [0, 0.1) is 0 Å². The van der Waals surface area contributed by atoms with Crippen LogP contribution in [0.4, 0.5) is 0 Å². The van der Waals surface area contributed by atoms with Crippen LogP contribution >= 0.6 is 0 Å². The van der Waals surface area contributed by atoms with Crippen LogP contribution in [0.5, 0.6) is 0 Å². The Hall–Kier alpha value is -0.620. The summed E-state index contributed by atoms with van der Waals surface area (Å²) in [7, 11) is 4.16. The van der Waals surface area contributed by atoms with Gasteiger partial charge in [-0.25, -0.2) is 18.3 Å². The van der Waals surface area contributed by atoms with Crippen molar-refractivity contribution in [1.29, 1.82) is 0 Å². The molecule has 26 heavy (non-hydrogen) atoms. The molecule has 6 heteroatoms. The molecule has 0 fully saturated rings. The van der Waals surface area contributed by atoms with Gasteiger partial charge in [0.15, 0.2) is 0 Å². The molecule has 0 saturated heterocycles. The van der Waals surface area contributed by atoms with Crippen molar-refractivity contribution in [3.63, 3.8) is 0 Å². The Labute approximate surface area is 180 Å². The van der Waals surface area contributed by atoms with Gasteiger partial charge < -0.3 is 34.0 Å². The summed E-state index contributed by atoms with van der Waals surface area (Å²) in [5.74, 6) is 0. The van der Waals surface area contributed by atoms with E-state index in [2.05, 4.69) is 69.8 Å². The van der Waals surface area contributed by atoms with Crippen molar-refractivity contribution >= 4 is 0 Å². The third-order valence-corrected chi connectivity index (χ3v) is 4.73. The van der Waals surface area contributed by atoms with Crippen molar-refractivity contribution in [1.82, 2.24) is 9.13 Å². The molecule has 0 saturated carbocycles. The Balaban J connectivity index is 0.00000312. The van der Waals surface area contributed by atoms with Gasteiger partial charge in [0, 0.05) is 0 Å². The number of hydrogen-bond acceptors (Lipinski definition) is 0. The van der Waals surface area contributed by atoms with Crippen molar-refractivity contribution in [3.8, 4) is 0 Å². The number of aryl methyl sites for hydroxylation is 4. The zero-order valence-corrected chi connectivity index (χ0v) is 19.7. The van der Waals surface area contributed by atoms with Gasteiger partial charge in [-0.3, -0.25) is 0 Å². The van der Waals surface area contributed by atoms with Crippen molar-refractivity contribution < 1.29 is 43.1 Å². The number of halogens is 2. The van der Waals surface area contributed by atoms with E-state index in [0.29, 0.717) is 0 Å². The van der Waals surface area contributed by atoms with E-state index >= 15 is 0 Å². The van der Waals surface area contributed by atoms with E-state index in [1.165, 1.54) is 77.3 Å². The molecular formula is C20H36Br2N4. The fourth-order valence-corrected chi connectivity index (χ4v) is 3.27. The average molecular weight is 492 g/mol. The third kappa shape index (κ3) is 11.2. The zero-order chi connectivity index (χ0) is 17.0. The average Bonchev–Trinajstić information content (AvgIpc) is 3.17. The molecule has 2 aromatic heterocycles. The molecule has 0 bridgehead atoms. The lowest BCUT2D eigenvalue weighted by molar-refractivity contribution is -0.671. The van der Waals surface area contributed by atoms with Crippen LogP contribution in [-0.2, 0) is 27.2 Å². The van der Waals surface area contributed by atoms with Crippen LogP contribution in [0.1, 0.15) is 64.2 Å². The second-order valence-electron chi connectivity index (χ2n) is 7.17. The Morgan fingerprint density at radius 3 is 1.12 bits per heavy atom. The van der Waals surface area contributed by atoms with Crippen LogP contribution in [0.15, 0.2) is 37.4 Å². The monoisotopic (exact) mass is 490 g/mol. The molecule has 2 rings (SSSR count). The molecule has 2 aromatic rings. The summed E-state index contributed by atoms with van der Waals surface area (Å²) in [5, 5.41) is 0. The van der Waals surface area contributed by atoms with Gasteiger partial charge in [0.1, 0.15) is 24.8 Å². The largest absolute Gasteiger partial charge is 1.00 e. The maximum absolute atomic E-state index is 2.29. The second-order valence-corrected chi connectivity index (χ2v) is 7.17. The fraction of sp³-hybridized carbons (Fsp3) is 0.700. The van der Waals surface area contributed by atoms with E-state index in [4.69, 9.17) is 0 Å². The number of rotatable bonds is 13. The lowest BCUT2D eigenvalue weighted by atomic mass is 10.1. The van der Waals surface area contributed by atoms with Crippen molar-refractivity contribution in [3.05, 3.63) is 37.4 Å². The quantitative estimate of drug-likeness (QED) is 0.219. The van der Waals surface area contributed by atoms with Crippen LogP contribution in [0.25, 0.3) is 0 Å². The van der Waals surface area contributed by atoms with E-state index in [1.807, 2.05) is 0 Å². The number of unbranched alkanes of at least 4 members (excludes halogenated alkanes) is 9. The van der Waals surface area contributed by atoms with Crippen LogP contribution in [-0.4, -0.2) is 9.13 Å². The molecule has 4 nitrogen and oxygen atoms in total. The summed E-state index contributed by atoms with van der Waals surface area (Å²) in [5.41, 5.74) is 0. The summed E-state index contributed by atoms with van der Waals surface area (Å²) in [6.45, 7) is 2.33. The molecule has 2 heterocycles. The van der Waals surface area contributed by atoms with Gasteiger partial charge in [-0.2, -0.15) is 0 Å². The van der Waals surface area contributed by atoms with E-state index in [1.54, 1.807) is 0 Å². The van der Waals surface area contributed by atoms with Gasteiger partial charge in [0.05, 0.1) is 27.2 Å². The first kappa shape index (κ1) is 25.4. The smallest absolute Gasteiger partial charge is 0.243 e. The van der Waals surface area contributed by atoms with Gasteiger partial charge in [-0.05, 0) is 25.7 Å². The minimum absolute atomic E-state index is 0. The van der Waals surface area contributed by atoms with Crippen LogP contribution in [0.3, 0.4) is 0 Å². The van der Waals surface area contributed by atoms with E-state index in [-0.39, 0.29) is 34.0 Å². The molecule has 0 N–H and O–H groups in total. The van der Waals surface area contributed by atoms with Gasteiger partial charge in [-0.1, -0.05) is 38.5 Å². The molecule has 0 aromatic carbocycles. The van der Waals surface area contributed by atoms with Crippen molar-refractivity contribution in [2.45, 2.75) is 77.3 Å². The topological polar surface area (TPSA) is 17.6 Å². The first-order valence-corrected chi connectivity index (χ1v) is 9.76. The minimum atomic E-state index is 0. The number of nitrogens with zero attached hydrogens (tertiary/aromatic N) is 4. The summed E-state index contributed by atoms with van der Waals surface area (Å²) in [6, 6.07) is 0. The SMILES string of the molecule is C[n+]1ccn(CCCCCCCCCCCCn2cc[n+](C)c2)c1.[Br-].[Br-]. The summed E-state index contributed by atoms with van der Waals surface area (Å²) in [6.07, 6.45) is 26.7. The normalized spacial score (nSPS) is 10.4. The zero-order valence-electron chi connectivity index (χ0n) is 16.5. The highest BCUT2D eigenvalue weighted by atomic mass is 79.9. The molecular weight excluding hydrogens is 456 g/mol. The van der Waals surface area contributed by atoms with Gasteiger partial charge in [0.2, 0.25) is 12.7 Å². The van der Waals surface area contributed by atoms with Gasteiger partial charge >= 0.3 is 0 Å². The molecule has 0 aliphatic heterocycles. The molecule has 0 radical (unpaired) electrons. The third-order valence-electron chi connectivity index (χ3n) is 4.73. The van der Waals surface area contributed by atoms with Gasteiger partial charge in [0.25, 0.3) is 0 Å². The van der Waals surface area contributed by atoms with Crippen molar-refractivity contribution in [2.24, 2.45) is 14.1 Å². The maximum Gasteiger partial charge on any atom is 0.243 e. The Morgan fingerprint density at radius 1 is 0.538 bits per heavy atom. The molecule has 0 aliphatic rings. The van der Waals surface area contributed by atoms with Gasteiger partial charge in [-0.15, -0.1) is 0 Å². The Kier molecular flexibility index (Phi) is 15.1. The van der Waals surface area contributed by atoms with E-state index in [9.17, 15) is 0 Å².